The first-order valence-corrected chi connectivity index (χ1v) is 8.17. The largest absolute Gasteiger partial charge is 0.306 e. The van der Waals surface area contributed by atoms with Crippen molar-refractivity contribution in [3.63, 3.8) is 0 Å². The standard InChI is InChI=1S/C12H23N3O2S/c1-12(2,3)13-10-11-6-7-14-15(11)8-5-9-18(4,16)17/h6-7,13H,5,8-10H2,1-4H3. The predicted molar refractivity (Wildman–Crippen MR) is 73.1 cm³/mol. The van der Waals surface area contributed by atoms with Crippen LogP contribution in [0.4, 0.5) is 0 Å². The van der Waals surface area contributed by atoms with Crippen LogP contribution in [0.3, 0.4) is 0 Å². The lowest BCUT2D eigenvalue weighted by Crippen LogP contribution is -2.35. The molecule has 0 unspecified atom stereocenters. The molecular formula is C12H23N3O2S. The van der Waals surface area contributed by atoms with Crippen LogP contribution < -0.4 is 5.32 Å². The molecule has 0 bridgehead atoms. The van der Waals surface area contributed by atoms with Gasteiger partial charge in [0.25, 0.3) is 0 Å². The lowest BCUT2D eigenvalue weighted by atomic mass is 10.1. The molecule has 0 radical (unpaired) electrons. The summed E-state index contributed by atoms with van der Waals surface area (Å²) in [4.78, 5) is 0. The highest BCUT2D eigenvalue weighted by Crippen LogP contribution is 2.05. The van der Waals surface area contributed by atoms with Crippen molar-refractivity contribution in [3.8, 4) is 0 Å². The lowest BCUT2D eigenvalue weighted by molar-refractivity contribution is 0.411. The number of sulfone groups is 1. The molecule has 6 heteroatoms. The number of nitrogens with zero attached hydrogens (tertiary/aromatic N) is 2. The van der Waals surface area contributed by atoms with Gasteiger partial charge in [0.2, 0.25) is 0 Å². The summed E-state index contributed by atoms with van der Waals surface area (Å²) in [6, 6.07) is 1.96. The van der Waals surface area contributed by atoms with Crippen LogP contribution in [0.15, 0.2) is 12.3 Å². The molecule has 1 aromatic rings. The Morgan fingerprint density at radius 3 is 2.61 bits per heavy atom. The Morgan fingerprint density at radius 1 is 1.39 bits per heavy atom. The maximum Gasteiger partial charge on any atom is 0.147 e. The Labute approximate surface area is 109 Å². The van der Waals surface area contributed by atoms with E-state index >= 15 is 0 Å². The van der Waals surface area contributed by atoms with Crippen LogP contribution in [0, 0.1) is 0 Å². The van der Waals surface area contributed by atoms with E-state index in [1.54, 1.807) is 6.20 Å². The third-order valence-corrected chi connectivity index (χ3v) is 3.52. The Morgan fingerprint density at radius 2 is 2.06 bits per heavy atom. The van der Waals surface area contributed by atoms with Crippen LogP contribution in [0.25, 0.3) is 0 Å². The predicted octanol–water partition coefficient (Wildman–Crippen LogP) is 1.21. The maximum atomic E-state index is 11.1. The molecule has 0 amide bonds. The second-order valence-corrected chi connectivity index (χ2v) is 7.89. The van der Waals surface area contributed by atoms with Crippen molar-refractivity contribution in [2.45, 2.75) is 45.8 Å². The van der Waals surface area contributed by atoms with Gasteiger partial charge in [-0.15, -0.1) is 0 Å². The zero-order chi connectivity index (χ0) is 13.8. The van der Waals surface area contributed by atoms with E-state index in [1.165, 1.54) is 6.26 Å². The number of aromatic nitrogens is 2. The molecule has 18 heavy (non-hydrogen) atoms. The summed E-state index contributed by atoms with van der Waals surface area (Å²) in [7, 11) is -2.88. The van der Waals surface area contributed by atoms with E-state index in [0.717, 1.165) is 12.2 Å². The molecule has 1 rings (SSSR count). The fourth-order valence-corrected chi connectivity index (χ4v) is 2.20. The molecule has 0 aliphatic rings. The summed E-state index contributed by atoms with van der Waals surface area (Å²) < 4.78 is 24.0. The Hall–Kier alpha value is -0.880. The normalized spacial score (nSPS) is 12.9. The molecule has 0 fully saturated rings. The van der Waals surface area contributed by atoms with Gasteiger partial charge in [0.15, 0.2) is 0 Å². The van der Waals surface area contributed by atoms with Gasteiger partial charge in [-0.2, -0.15) is 5.10 Å². The monoisotopic (exact) mass is 273 g/mol. The van der Waals surface area contributed by atoms with Gasteiger partial charge < -0.3 is 5.32 Å². The quantitative estimate of drug-likeness (QED) is 0.846. The molecular weight excluding hydrogens is 250 g/mol. The maximum absolute atomic E-state index is 11.1. The molecule has 1 heterocycles. The van der Waals surface area contributed by atoms with Gasteiger partial charge in [0, 0.05) is 31.1 Å². The van der Waals surface area contributed by atoms with Gasteiger partial charge in [-0.25, -0.2) is 8.42 Å². The molecule has 0 aliphatic heterocycles. The minimum Gasteiger partial charge on any atom is -0.306 e. The molecule has 0 atom stereocenters. The first kappa shape index (κ1) is 15.2. The molecule has 0 aliphatic carbocycles. The third-order valence-electron chi connectivity index (χ3n) is 2.49. The number of nitrogens with one attached hydrogen (secondary N) is 1. The molecule has 0 aromatic carbocycles. The SMILES string of the molecule is CC(C)(C)NCc1ccnn1CCCS(C)(=O)=O. The van der Waals surface area contributed by atoms with E-state index in [0.29, 0.717) is 13.0 Å². The number of aryl methyl sites for hydroxylation is 1. The first-order valence-electron chi connectivity index (χ1n) is 6.11. The highest BCUT2D eigenvalue weighted by Gasteiger charge is 2.11. The fourth-order valence-electron chi connectivity index (χ4n) is 1.54. The average Bonchev–Trinajstić information content (AvgIpc) is 2.59. The summed E-state index contributed by atoms with van der Waals surface area (Å²) in [6.45, 7) is 7.70. The highest BCUT2D eigenvalue weighted by molar-refractivity contribution is 7.90. The molecule has 104 valence electrons. The summed E-state index contributed by atoms with van der Waals surface area (Å²) >= 11 is 0. The van der Waals surface area contributed by atoms with E-state index in [4.69, 9.17) is 0 Å². The fraction of sp³-hybridized carbons (Fsp3) is 0.750. The van der Waals surface area contributed by atoms with Crippen LogP contribution >= 0.6 is 0 Å². The second-order valence-electron chi connectivity index (χ2n) is 5.63. The van der Waals surface area contributed by atoms with Crippen LogP contribution in [-0.2, 0) is 22.9 Å². The van der Waals surface area contributed by atoms with Crippen LogP contribution in [0.2, 0.25) is 0 Å². The molecule has 1 aromatic heterocycles. The topological polar surface area (TPSA) is 64.0 Å². The van der Waals surface area contributed by atoms with Gasteiger partial charge >= 0.3 is 0 Å². The average molecular weight is 273 g/mol. The van der Waals surface area contributed by atoms with Crippen LogP contribution in [-0.4, -0.2) is 35.7 Å². The van der Waals surface area contributed by atoms with Crippen molar-refractivity contribution in [3.05, 3.63) is 18.0 Å². The molecule has 0 spiro atoms. The van der Waals surface area contributed by atoms with Crippen molar-refractivity contribution in [2.75, 3.05) is 12.0 Å². The van der Waals surface area contributed by atoms with Gasteiger partial charge in [0.05, 0.1) is 11.4 Å². The summed E-state index contributed by atoms with van der Waals surface area (Å²) in [5, 5.41) is 7.61. The van der Waals surface area contributed by atoms with E-state index in [9.17, 15) is 8.42 Å². The van der Waals surface area contributed by atoms with Crippen molar-refractivity contribution in [2.24, 2.45) is 0 Å². The molecule has 5 nitrogen and oxygen atoms in total. The number of rotatable bonds is 6. The summed E-state index contributed by atoms with van der Waals surface area (Å²) in [5.74, 6) is 0.207. The molecule has 0 saturated heterocycles. The second kappa shape index (κ2) is 5.84. The van der Waals surface area contributed by atoms with Gasteiger partial charge in [-0.05, 0) is 33.3 Å². The van der Waals surface area contributed by atoms with Crippen molar-refractivity contribution >= 4 is 9.84 Å². The smallest absolute Gasteiger partial charge is 0.147 e. The first-order chi connectivity index (χ1) is 8.17. The van der Waals surface area contributed by atoms with Crippen LogP contribution in [0.1, 0.15) is 32.9 Å². The van der Waals surface area contributed by atoms with E-state index in [1.807, 2.05) is 10.7 Å². The summed E-state index contributed by atoms with van der Waals surface area (Å²) in [6.07, 6.45) is 3.61. The Balaban J connectivity index is 2.50. The zero-order valence-electron chi connectivity index (χ0n) is 11.6. The van der Waals surface area contributed by atoms with Crippen LogP contribution in [0.5, 0.6) is 0 Å². The van der Waals surface area contributed by atoms with Crippen molar-refractivity contribution in [1.82, 2.24) is 15.1 Å². The molecule has 0 saturated carbocycles. The van der Waals surface area contributed by atoms with Gasteiger partial charge in [0.1, 0.15) is 9.84 Å². The van der Waals surface area contributed by atoms with E-state index in [2.05, 4.69) is 31.2 Å². The number of hydrogen-bond donors (Lipinski definition) is 1. The zero-order valence-corrected chi connectivity index (χ0v) is 12.4. The van der Waals surface area contributed by atoms with Gasteiger partial charge in [-0.1, -0.05) is 0 Å². The van der Waals surface area contributed by atoms with E-state index in [-0.39, 0.29) is 11.3 Å². The summed E-state index contributed by atoms with van der Waals surface area (Å²) in [5.41, 5.74) is 1.14. The minimum absolute atomic E-state index is 0.0574. The van der Waals surface area contributed by atoms with Gasteiger partial charge in [-0.3, -0.25) is 4.68 Å². The van der Waals surface area contributed by atoms with E-state index < -0.39 is 9.84 Å². The van der Waals surface area contributed by atoms with Crippen molar-refractivity contribution in [1.29, 1.82) is 0 Å². The number of hydrogen-bond acceptors (Lipinski definition) is 4. The third kappa shape index (κ3) is 6.16. The minimum atomic E-state index is -2.88. The van der Waals surface area contributed by atoms with Crippen molar-refractivity contribution < 1.29 is 8.42 Å². The Kier molecular flexibility index (Phi) is 4.92. The molecule has 1 N–H and O–H groups in total. The lowest BCUT2D eigenvalue weighted by Gasteiger charge is -2.20. The Bertz CT molecular complexity index is 472. The highest BCUT2D eigenvalue weighted by atomic mass is 32.2.